The molecule has 0 spiro atoms. The molecule has 2 rings (SSSR count). The molecule has 0 aliphatic rings. The maximum atomic E-state index is 4.39. The number of benzene rings is 1. The van der Waals surface area contributed by atoms with E-state index in [1.165, 1.54) is 11.1 Å². The van der Waals surface area contributed by atoms with E-state index in [4.69, 9.17) is 0 Å². The molecular formula is C16H20N2. The molecule has 1 atom stereocenters. The molecule has 2 heteroatoms. The molecule has 18 heavy (non-hydrogen) atoms. The quantitative estimate of drug-likeness (QED) is 0.868. The van der Waals surface area contributed by atoms with Crippen LogP contribution in [0.4, 0.5) is 0 Å². The van der Waals surface area contributed by atoms with Gasteiger partial charge in [-0.3, -0.25) is 4.98 Å². The molecule has 0 radical (unpaired) electrons. The standard InChI is InChI=1S/C16H20N2/c1-3-13-7-6-8-14(11-13)16(17-2)12-15-9-4-5-10-18-15/h4-11,16-17H,3,12H2,1-2H3. The summed E-state index contributed by atoms with van der Waals surface area (Å²) in [5.74, 6) is 0. The fourth-order valence-corrected chi connectivity index (χ4v) is 2.14. The third-order valence-corrected chi connectivity index (χ3v) is 3.25. The van der Waals surface area contributed by atoms with Gasteiger partial charge in [0.25, 0.3) is 0 Å². The van der Waals surface area contributed by atoms with Crippen LogP contribution in [0.2, 0.25) is 0 Å². The average molecular weight is 240 g/mol. The number of nitrogens with one attached hydrogen (secondary N) is 1. The Kier molecular flexibility index (Phi) is 4.48. The zero-order chi connectivity index (χ0) is 12.8. The highest BCUT2D eigenvalue weighted by atomic mass is 14.9. The van der Waals surface area contributed by atoms with Crippen LogP contribution in [-0.4, -0.2) is 12.0 Å². The molecular weight excluding hydrogens is 220 g/mol. The number of hydrogen-bond acceptors (Lipinski definition) is 2. The van der Waals surface area contributed by atoms with Crippen LogP contribution in [0.15, 0.2) is 48.7 Å². The minimum absolute atomic E-state index is 0.325. The molecule has 0 fully saturated rings. The Morgan fingerprint density at radius 1 is 1.17 bits per heavy atom. The number of rotatable bonds is 5. The molecule has 94 valence electrons. The molecule has 1 heterocycles. The van der Waals surface area contributed by atoms with Gasteiger partial charge in [-0.15, -0.1) is 0 Å². The van der Waals surface area contributed by atoms with Gasteiger partial charge in [-0.25, -0.2) is 0 Å². The summed E-state index contributed by atoms with van der Waals surface area (Å²) in [5, 5.41) is 3.38. The van der Waals surface area contributed by atoms with Crippen LogP contribution in [0.3, 0.4) is 0 Å². The number of nitrogens with zero attached hydrogens (tertiary/aromatic N) is 1. The number of aromatic nitrogens is 1. The summed E-state index contributed by atoms with van der Waals surface area (Å²) >= 11 is 0. The molecule has 0 amide bonds. The molecule has 1 N–H and O–H groups in total. The first-order valence-corrected chi connectivity index (χ1v) is 6.49. The summed E-state index contributed by atoms with van der Waals surface area (Å²) in [5.41, 5.74) is 3.84. The second kappa shape index (κ2) is 6.31. The lowest BCUT2D eigenvalue weighted by molar-refractivity contribution is 0.584. The normalized spacial score (nSPS) is 12.3. The summed E-state index contributed by atoms with van der Waals surface area (Å²) in [4.78, 5) is 4.39. The van der Waals surface area contributed by atoms with E-state index >= 15 is 0 Å². The largest absolute Gasteiger partial charge is 0.313 e. The Hall–Kier alpha value is -1.67. The fraction of sp³-hybridized carbons (Fsp3) is 0.312. The van der Waals surface area contributed by atoms with Crippen molar-refractivity contribution in [2.45, 2.75) is 25.8 Å². The lowest BCUT2D eigenvalue weighted by Crippen LogP contribution is -2.19. The van der Waals surface area contributed by atoms with Gasteiger partial charge in [0, 0.05) is 24.4 Å². The van der Waals surface area contributed by atoms with Crippen molar-refractivity contribution in [1.29, 1.82) is 0 Å². The highest BCUT2D eigenvalue weighted by molar-refractivity contribution is 5.27. The number of likely N-dealkylation sites (N-methyl/N-ethyl adjacent to an activating group) is 1. The summed E-state index contributed by atoms with van der Waals surface area (Å²) < 4.78 is 0. The Labute approximate surface area is 109 Å². The Balaban J connectivity index is 2.17. The highest BCUT2D eigenvalue weighted by Gasteiger charge is 2.10. The van der Waals surface area contributed by atoms with Crippen LogP contribution in [0.1, 0.15) is 29.8 Å². The molecule has 1 aromatic heterocycles. The predicted molar refractivity (Wildman–Crippen MR) is 75.6 cm³/mol. The lowest BCUT2D eigenvalue weighted by atomic mass is 9.99. The second-order valence-electron chi connectivity index (χ2n) is 4.47. The molecule has 0 aliphatic carbocycles. The van der Waals surface area contributed by atoms with Crippen molar-refractivity contribution in [2.24, 2.45) is 0 Å². The van der Waals surface area contributed by atoms with Crippen molar-refractivity contribution in [1.82, 2.24) is 10.3 Å². The van der Waals surface area contributed by atoms with Gasteiger partial charge in [0.1, 0.15) is 0 Å². The lowest BCUT2D eigenvalue weighted by Gasteiger charge is -2.17. The topological polar surface area (TPSA) is 24.9 Å². The van der Waals surface area contributed by atoms with E-state index in [1.807, 2.05) is 25.4 Å². The van der Waals surface area contributed by atoms with E-state index in [9.17, 15) is 0 Å². The van der Waals surface area contributed by atoms with Crippen LogP contribution >= 0.6 is 0 Å². The zero-order valence-corrected chi connectivity index (χ0v) is 11.1. The van der Waals surface area contributed by atoms with Crippen LogP contribution in [0, 0.1) is 0 Å². The van der Waals surface area contributed by atoms with Crippen LogP contribution in [0.25, 0.3) is 0 Å². The smallest absolute Gasteiger partial charge is 0.0422 e. The van der Waals surface area contributed by atoms with Crippen molar-refractivity contribution in [2.75, 3.05) is 7.05 Å². The van der Waals surface area contributed by atoms with Gasteiger partial charge >= 0.3 is 0 Å². The van der Waals surface area contributed by atoms with E-state index in [1.54, 1.807) is 0 Å². The Bertz CT molecular complexity index is 479. The molecule has 1 unspecified atom stereocenters. The van der Waals surface area contributed by atoms with Crippen molar-refractivity contribution in [3.05, 3.63) is 65.5 Å². The van der Waals surface area contributed by atoms with E-state index in [0.717, 1.165) is 18.5 Å². The SMILES string of the molecule is CCc1cccc(C(Cc2ccccn2)NC)c1. The monoisotopic (exact) mass is 240 g/mol. The molecule has 0 aliphatic heterocycles. The van der Waals surface area contributed by atoms with E-state index < -0.39 is 0 Å². The number of aryl methyl sites for hydroxylation is 1. The maximum Gasteiger partial charge on any atom is 0.0422 e. The zero-order valence-electron chi connectivity index (χ0n) is 11.1. The fourth-order valence-electron chi connectivity index (χ4n) is 2.14. The molecule has 0 saturated carbocycles. The molecule has 1 aromatic carbocycles. The Morgan fingerprint density at radius 3 is 2.72 bits per heavy atom. The average Bonchev–Trinajstić information content (AvgIpc) is 2.46. The van der Waals surface area contributed by atoms with Gasteiger partial charge in [0.2, 0.25) is 0 Å². The van der Waals surface area contributed by atoms with Crippen molar-refractivity contribution in [3.8, 4) is 0 Å². The van der Waals surface area contributed by atoms with Gasteiger partial charge in [-0.1, -0.05) is 37.3 Å². The van der Waals surface area contributed by atoms with Crippen molar-refractivity contribution >= 4 is 0 Å². The van der Waals surface area contributed by atoms with E-state index in [0.29, 0.717) is 6.04 Å². The van der Waals surface area contributed by atoms with Gasteiger partial charge < -0.3 is 5.32 Å². The third kappa shape index (κ3) is 3.17. The highest BCUT2D eigenvalue weighted by Crippen LogP contribution is 2.18. The van der Waals surface area contributed by atoms with Crippen LogP contribution in [-0.2, 0) is 12.8 Å². The first-order chi connectivity index (χ1) is 8.83. The maximum absolute atomic E-state index is 4.39. The first-order valence-electron chi connectivity index (χ1n) is 6.49. The molecule has 0 bridgehead atoms. The van der Waals surface area contributed by atoms with Gasteiger partial charge in [0.05, 0.1) is 0 Å². The van der Waals surface area contributed by atoms with E-state index in [2.05, 4.69) is 47.6 Å². The minimum Gasteiger partial charge on any atom is -0.313 e. The van der Waals surface area contributed by atoms with Gasteiger partial charge in [-0.05, 0) is 36.7 Å². The van der Waals surface area contributed by atoms with Crippen LogP contribution < -0.4 is 5.32 Å². The summed E-state index contributed by atoms with van der Waals surface area (Å²) in [6, 6.07) is 15.2. The first kappa shape index (κ1) is 12.8. The summed E-state index contributed by atoms with van der Waals surface area (Å²) in [7, 11) is 2.01. The third-order valence-electron chi connectivity index (χ3n) is 3.25. The molecule has 2 aromatic rings. The van der Waals surface area contributed by atoms with Crippen molar-refractivity contribution in [3.63, 3.8) is 0 Å². The summed E-state index contributed by atoms with van der Waals surface area (Å²) in [6.07, 6.45) is 3.85. The number of hydrogen-bond donors (Lipinski definition) is 1. The summed E-state index contributed by atoms with van der Waals surface area (Å²) in [6.45, 7) is 2.19. The van der Waals surface area contributed by atoms with Gasteiger partial charge in [0.15, 0.2) is 0 Å². The molecule has 0 saturated heterocycles. The minimum atomic E-state index is 0.325. The van der Waals surface area contributed by atoms with Crippen LogP contribution in [0.5, 0.6) is 0 Å². The number of pyridine rings is 1. The molecule has 2 nitrogen and oxygen atoms in total. The van der Waals surface area contributed by atoms with Crippen molar-refractivity contribution < 1.29 is 0 Å². The van der Waals surface area contributed by atoms with Gasteiger partial charge in [-0.2, -0.15) is 0 Å². The van der Waals surface area contributed by atoms with E-state index in [-0.39, 0.29) is 0 Å². The second-order valence-corrected chi connectivity index (χ2v) is 4.47. The predicted octanol–water partition coefficient (Wildman–Crippen LogP) is 3.15. The Morgan fingerprint density at radius 2 is 2.06 bits per heavy atom.